The average molecular weight is 365 g/mol. The number of hydrogen-bond acceptors (Lipinski definition) is 6. The molecule has 0 saturated heterocycles. The monoisotopic (exact) mass is 365 g/mol. The van der Waals surface area contributed by atoms with Crippen molar-refractivity contribution in [3.05, 3.63) is 40.6 Å². The molecule has 0 radical (unpaired) electrons. The number of carbonyl (C=O) groups is 2. The maximum atomic E-state index is 12.9. The lowest BCUT2D eigenvalue weighted by Crippen LogP contribution is -2.31. The highest BCUT2D eigenvalue weighted by molar-refractivity contribution is 5.80. The molecule has 0 saturated carbocycles. The highest BCUT2D eigenvalue weighted by Gasteiger charge is 2.15. The zero-order valence-corrected chi connectivity index (χ0v) is 14.4. The lowest BCUT2D eigenvalue weighted by Gasteiger charge is -2.05. The highest BCUT2D eigenvalue weighted by Crippen LogP contribution is 2.15. The zero-order valence-electron chi connectivity index (χ0n) is 14.4. The number of rotatable bonds is 9. The minimum Gasteiger partial charge on any atom is -0.454 e. The molecule has 0 fully saturated rings. The third kappa shape index (κ3) is 5.83. The molecular weight excluding hydrogens is 345 g/mol. The van der Waals surface area contributed by atoms with Gasteiger partial charge in [-0.2, -0.15) is 4.68 Å². The Morgan fingerprint density at radius 1 is 1.27 bits per heavy atom. The van der Waals surface area contributed by atoms with Gasteiger partial charge in [0.1, 0.15) is 12.4 Å². The summed E-state index contributed by atoms with van der Waals surface area (Å²) in [6.07, 6.45) is 2.90. The molecule has 140 valence electrons. The van der Waals surface area contributed by atoms with Crippen LogP contribution >= 0.6 is 0 Å². The van der Waals surface area contributed by atoms with Gasteiger partial charge >= 0.3 is 11.7 Å². The fourth-order valence-corrected chi connectivity index (χ4v) is 2.08. The first-order valence-corrected chi connectivity index (χ1v) is 8.25. The molecule has 2 rings (SSSR count). The normalized spacial score (nSPS) is 10.5. The Morgan fingerprint density at radius 3 is 2.69 bits per heavy atom. The Hall–Kier alpha value is -2.97. The van der Waals surface area contributed by atoms with Crippen LogP contribution in [0.25, 0.3) is 11.5 Å². The van der Waals surface area contributed by atoms with Gasteiger partial charge in [0.25, 0.3) is 5.91 Å². The van der Waals surface area contributed by atoms with E-state index in [1.165, 1.54) is 24.3 Å². The van der Waals surface area contributed by atoms with Gasteiger partial charge in [0.2, 0.25) is 5.89 Å². The van der Waals surface area contributed by atoms with E-state index >= 15 is 0 Å². The molecule has 1 aromatic carbocycles. The molecule has 2 aromatic rings. The first-order chi connectivity index (χ1) is 12.5. The SMILES string of the molecule is CCCCCNC(=O)COC(=O)Cn1nc(-c2ccc(F)cc2)oc1=O. The van der Waals surface area contributed by atoms with Gasteiger partial charge in [-0.05, 0) is 30.7 Å². The third-order valence-electron chi connectivity index (χ3n) is 3.44. The summed E-state index contributed by atoms with van der Waals surface area (Å²) in [5, 5.41) is 6.49. The summed E-state index contributed by atoms with van der Waals surface area (Å²) in [6.45, 7) is 1.65. The Labute approximate surface area is 148 Å². The average Bonchev–Trinajstić information content (AvgIpc) is 2.98. The van der Waals surface area contributed by atoms with E-state index in [1.807, 2.05) is 0 Å². The minimum atomic E-state index is -0.856. The van der Waals surface area contributed by atoms with Crippen LogP contribution in [0, 0.1) is 5.82 Å². The molecule has 0 spiro atoms. The molecule has 1 aromatic heterocycles. The summed E-state index contributed by atoms with van der Waals surface area (Å²) in [5.74, 6) is -2.54. The van der Waals surface area contributed by atoms with Crippen molar-refractivity contribution in [1.82, 2.24) is 15.1 Å². The molecule has 0 atom stereocenters. The summed E-state index contributed by atoms with van der Waals surface area (Å²) in [6, 6.07) is 5.18. The molecule has 9 heteroatoms. The van der Waals surface area contributed by atoms with Crippen molar-refractivity contribution < 1.29 is 23.1 Å². The molecule has 1 amide bonds. The van der Waals surface area contributed by atoms with Crippen LogP contribution in [-0.2, 0) is 20.9 Å². The van der Waals surface area contributed by atoms with Crippen LogP contribution < -0.4 is 11.1 Å². The van der Waals surface area contributed by atoms with Crippen molar-refractivity contribution >= 4 is 11.9 Å². The Kier molecular flexibility index (Phi) is 7.07. The van der Waals surface area contributed by atoms with Crippen molar-refractivity contribution in [3.63, 3.8) is 0 Å². The second-order valence-electron chi connectivity index (χ2n) is 5.56. The number of ether oxygens (including phenoxy) is 1. The quantitative estimate of drug-likeness (QED) is 0.533. The second-order valence-corrected chi connectivity index (χ2v) is 5.56. The summed E-state index contributed by atoms with van der Waals surface area (Å²) in [4.78, 5) is 35.0. The molecule has 0 aliphatic rings. The van der Waals surface area contributed by atoms with Gasteiger partial charge in [-0.15, -0.1) is 5.10 Å². The zero-order chi connectivity index (χ0) is 18.9. The van der Waals surface area contributed by atoms with Crippen molar-refractivity contribution in [2.75, 3.05) is 13.2 Å². The van der Waals surface area contributed by atoms with Crippen LogP contribution in [0.15, 0.2) is 33.5 Å². The van der Waals surface area contributed by atoms with E-state index in [0.29, 0.717) is 12.1 Å². The van der Waals surface area contributed by atoms with Gasteiger partial charge in [-0.3, -0.25) is 9.59 Å². The van der Waals surface area contributed by atoms with Crippen molar-refractivity contribution in [2.45, 2.75) is 32.7 Å². The predicted octanol–water partition coefficient (Wildman–Crippen LogP) is 1.49. The van der Waals surface area contributed by atoms with E-state index in [4.69, 9.17) is 9.15 Å². The molecule has 26 heavy (non-hydrogen) atoms. The van der Waals surface area contributed by atoms with E-state index in [2.05, 4.69) is 17.3 Å². The van der Waals surface area contributed by atoms with Crippen LogP contribution in [-0.4, -0.2) is 34.8 Å². The predicted molar refractivity (Wildman–Crippen MR) is 89.7 cm³/mol. The number of esters is 1. The minimum absolute atomic E-state index is 0.0449. The number of nitrogens with zero attached hydrogens (tertiary/aromatic N) is 2. The molecule has 1 N–H and O–H groups in total. The molecule has 0 aliphatic heterocycles. The summed E-state index contributed by atoms with van der Waals surface area (Å²) in [7, 11) is 0. The van der Waals surface area contributed by atoms with Crippen molar-refractivity contribution in [3.8, 4) is 11.5 Å². The molecule has 0 bridgehead atoms. The fourth-order valence-electron chi connectivity index (χ4n) is 2.08. The van der Waals surface area contributed by atoms with Gasteiger partial charge in [-0.1, -0.05) is 19.8 Å². The van der Waals surface area contributed by atoms with Gasteiger partial charge in [0.05, 0.1) is 0 Å². The highest BCUT2D eigenvalue weighted by atomic mass is 19.1. The lowest BCUT2D eigenvalue weighted by atomic mass is 10.2. The molecule has 8 nitrogen and oxygen atoms in total. The van der Waals surface area contributed by atoms with Crippen LogP contribution in [0.5, 0.6) is 0 Å². The van der Waals surface area contributed by atoms with E-state index in [-0.39, 0.29) is 5.89 Å². The van der Waals surface area contributed by atoms with Gasteiger partial charge < -0.3 is 14.5 Å². The van der Waals surface area contributed by atoms with Crippen molar-refractivity contribution in [2.24, 2.45) is 0 Å². The number of amides is 1. The largest absolute Gasteiger partial charge is 0.454 e. The first-order valence-electron chi connectivity index (χ1n) is 8.25. The number of benzene rings is 1. The molecule has 1 heterocycles. The maximum Gasteiger partial charge on any atom is 0.437 e. The Morgan fingerprint density at radius 2 is 2.00 bits per heavy atom. The van der Waals surface area contributed by atoms with Crippen LogP contribution in [0.3, 0.4) is 0 Å². The summed E-state index contributed by atoms with van der Waals surface area (Å²) < 4.78 is 23.4. The molecular formula is C17H20FN3O5. The van der Waals surface area contributed by atoms with Gasteiger partial charge in [0, 0.05) is 12.1 Å². The third-order valence-corrected chi connectivity index (χ3v) is 3.44. The van der Waals surface area contributed by atoms with Crippen molar-refractivity contribution in [1.29, 1.82) is 0 Å². The molecule has 0 unspecified atom stereocenters. The van der Waals surface area contributed by atoms with Gasteiger partial charge in [0.15, 0.2) is 6.61 Å². The number of aromatic nitrogens is 2. The van der Waals surface area contributed by atoms with E-state index in [9.17, 15) is 18.8 Å². The Balaban J connectivity index is 1.84. The second kappa shape index (κ2) is 9.50. The van der Waals surface area contributed by atoms with E-state index in [0.717, 1.165) is 23.9 Å². The van der Waals surface area contributed by atoms with Crippen LogP contribution in [0.1, 0.15) is 26.2 Å². The number of hydrogen-bond donors (Lipinski definition) is 1. The fraction of sp³-hybridized carbons (Fsp3) is 0.412. The number of carbonyl (C=O) groups excluding carboxylic acids is 2. The Bertz CT molecular complexity index is 797. The standard InChI is InChI=1S/C17H20FN3O5/c1-2-3-4-9-19-14(22)11-25-15(23)10-21-17(24)26-16(20-21)12-5-7-13(18)8-6-12/h5-8H,2-4,9-11H2,1H3,(H,19,22). The first kappa shape index (κ1) is 19.4. The summed E-state index contributed by atoms with van der Waals surface area (Å²) in [5.41, 5.74) is 0.391. The topological polar surface area (TPSA) is 103 Å². The number of halogens is 1. The maximum absolute atomic E-state index is 12.9. The van der Waals surface area contributed by atoms with Crippen LogP contribution in [0.2, 0.25) is 0 Å². The van der Waals surface area contributed by atoms with E-state index < -0.39 is 36.6 Å². The smallest absolute Gasteiger partial charge is 0.437 e. The van der Waals surface area contributed by atoms with Gasteiger partial charge in [-0.25, -0.2) is 9.18 Å². The summed E-state index contributed by atoms with van der Waals surface area (Å²) >= 11 is 0. The number of nitrogens with one attached hydrogen (secondary N) is 1. The van der Waals surface area contributed by atoms with E-state index in [1.54, 1.807) is 0 Å². The van der Waals surface area contributed by atoms with Crippen LogP contribution in [0.4, 0.5) is 4.39 Å². The number of unbranched alkanes of at least 4 members (excludes halogenated alkanes) is 2. The lowest BCUT2D eigenvalue weighted by molar-refractivity contribution is -0.149. The molecule has 0 aliphatic carbocycles.